The van der Waals surface area contributed by atoms with Crippen molar-refractivity contribution in [3.63, 3.8) is 0 Å². The summed E-state index contributed by atoms with van der Waals surface area (Å²) in [7, 11) is -3.26. The molecular formula is C40H60FN6O9P. The van der Waals surface area contributed by atoms with Crippen LogP contribution in [0.15, 0.2) is 36.7 Å². The number of fused-ring (bicyclic) bond motifs is 1. The number of aliphatic hydroxyl groups excluding tert-OH is 2. The zero-order chi connectivity index (χ0) is 40.9. The number of phosphoric ester groups is 1. The van der Waals surface area contributed by atoms with Gasteiger partial charge in [0.1, 0.15) is 47.7 Å². The molecule has 1 aromatic carbocycles. The molecule has 5 rings (SSSR count). The number of halogens is 1. The van der Waals surface area contributed by atoms with Gasteiger partial charge in [0.15, 0.2) is 11.5 Å². The molecule has 15 nitrogen and oxygen atoms in total. The number of phosphoric acid groups is 1. The van der Waals surface area contributed by atoms with Crippen molar-refractivity contribution in [2.75, 3.05) is 32.6 Å². The van der Waals surface area contributed by atoms with Crippen molar-refractivity contribution in [3.05, 3.63) is 59.3 Å². The minimum absolute atomic E-state index is 0.0181. The minimum Gasteiger partial charge on any atom is -0.387 e. The van der Waals surface area contributed by atoms with Crippen molar-refractivity contribution in [1.29, 1.82) is 5.26 Å². The number of nitriles is 1. The van der Waals surface area contributed by atoms with Gasteiger partial charge in [0, 0.05) is 13.0 Å². The van der Waals surface area contributed by atoms with Gasteiger partial charge in [0.05, 0.1) is 37.1 Å². The number of nitrogens with two attached hydrogens (primary N) is 1. The molecule has 1 aliphatic carbocycles. The van der Waals surface area contributed by atoms with Crippen LogP contribution in [0.25, 0.3) is 5.52 Å². The first-order valence-corrected chi connectivity index (χ1v) is 21.9. The number of nitrogens with zero attached hydrogens (tertiary/aromatic N) is 4. The predicted octanol–water partition coefficient (Wildman–Crippen LogP) is 6.17. The van der Waals surface area contributed by atoms with Gasteiger partial charge in [-0.15, -0.1) is 0 Å². The van der Waals surface area contributed by atoms with E-state index in [1.807, 2.05) is 6.07 Å². The van der Waals surface area contributed by atoms with E-state index >= 15 is 0 Å². The summed E-state index contributed by atoms with van der Waals surface area (Å²) >= 11 is 0. The van der Waals surface area contributed by atoms with Crippen molar-refractivity contribution >= 4 is 19.2 Å². The quantitative estimate of drug-likeness (QED) is 0.0430. The Balaban J connectivity index is 1.09. The number of anilines is 1. The second kappa shape index (κ2) is 21.3. The Bertz CT molecular complexity index is 1810. The molecule has 316 valence electrons. The number of aromatic nitrogens is 3. The van der Waals surface area contributed by atoms with Crippen LogP contribution >= 0.6 is 7.82 Å². The molecule has 0 radical (unpaired) electrons. The van der Waals surface area contributed by atoms with Crippen LogP contribution < -0.4 is 11.1 Å². The van der Waals surface area contributed by atoms with Crippen LogP contribution in [0.1, 0.15) is 120 Å². The van der Waals surface area contributed by atoms with E-state index in [0.717, 1.165) is 25.3 Å². The first-order valence-electron chi connectivity index (χ1n) is 20.4. The number of benzene rings is 1. The normalized spacial score (nSPS) is 24.5. The number of ether oxygens (including phenoxy) is 3. The topological polar surface area (TPSA) is 216 Å². The molecule has 1 saturated heterocycles. The fourth-order valence-electron chi connectivity index (χ4n) is 7.59. The first-order chi connectivity index (χ1) is 27.5. The van der Waals surface area contributed by atoms with Crippen molar-refractivity contribution in [2.45, 2.75) is 146 Å². The Kier molecular flexibility index (Phi) is 16.8. The molecular weight excluding hydrogens is 758 g/mol. The fourth-order valence-corrected chi connectivity index (χ4v) is 8.58. The van der Waals surface area contributed by atoms with Crippen LogP contribution in [0.4, 0.5) is 10.2 Å². The number of aliphatic hydroxyl groups is 2. The standard InChI is InChI=1S/C40H60FN6O9P/c1-3-4-5-6-7-8-9-10-11-12-13-14-15-16-19-52-26-32(53-25-30-20-29(24-42)21-31(41)22-30)27-54-57(50,51)55-35-23-39(35)36(48)37(49)40(44-2,56-39)34-18-17-33-38(43)45-28-46-47(33)34/h17-18,20-22,28,32,35-37,44,48-49H,3-16,19,23,25-27H2,1-2H3,(H,50,51)(H2,43,45,46)/t32-,35+,36+,37-,39+,40+/m1/s1. The summed E-state index contributed by atoms with van der Waals surface area (Å²) in [6.45, 7) is 2.18. The molecule has 1 aliphatic heterocycles. The minimum atomic E-state index is -4.79. The first kappa shape index (κ1) is 45.0. The fraction of sp³-hybridized carbons (Fsp3) is 0.675. The van der Waals surface area contributed by atoms with E-state index in [1.54, 1.807) is 12.1 Å². The zero-order valence-electron chi connectivity index (χ0n) is 33.2. The zero-order valence-corrected chi connectivity index (χ0v) is 34.1. The number of rotatable bonds is 27. The van der Waals surface area contributed by atoms with Gasteiger partial charge in [0.25, 0.3) is 0 Å². The van der Waals surface area contributed by atoms with Gasteiger partial charge in [-0.1, -0.05) is 90.4 Å². The summed E-state index contributed by atoms with van der Waals surface area (Å²) in [6, 6.07) is 9.03. The van der Waals surface area contributed by atoms with E-state index in [0.29, 0.717) is 23.4 Å². The lowest BCUT2D eigenvalue weighted by Crippen LogP contribution is -2.51. The van der Waals surface area contributed by atoms with Crippen LogP contribution in [0, 0.1) is 17.1 Å². The summed E-state index contributed by atoms with van der Waals surface area (Å²) in [5.74, 6) is -0.394. The molecule has 3 aromatic rings. The Hall–Kier alpha value is -3.07. The number of nitrogen functional groups attached to an aromatic ring is 1. The van der Waals surface area contributed by atoms with Gasteiger partial charge in [-0.25, -0.2) is 18.5 Å². The summed E-state index contributed by atoms with van der Waals surface area (Å²) in [6.07, 6.45) is 13.5. The third kappa shape index (κ3) is 11.8. The molecule has 2 aliphatic rings. The summed E-state index contributed by atoms with van der Waals surface area (Å²) in [5, 5.41) is 38.9. The van der Waals surface area contributed by atoms with Crippen LogP contribution in [-0.2, 0) is 40.2 Å². The summed E-state index contributed by atoms with van der Waals surface area (Å²) in [5.41, 5.74) is 4.07. The van der Waals surface area contributed by atoms with E-state index in [1.165, 1.54) is 101 Å². The largest absolute Gasteiger partial charge is 0.472 e. The van der Waals surface area contributed by atoms with E-state index < -0.39 is 56.0 Å². The molecule has 2 aromatic heterocycles. The van der Waals surface area contributed by atoms with Crippen LogP contribution in [0.3, 0.4) is 0 Å². The Labute approximate surface area is 334 Å². The average Bonchev–Trinajstić information content (AvgIpc) is 3.57. The van der Waals surface area contributed by atoms with Gasteiger partial charge in [-0.3, -0.25) is 14.4 Å². The van der Waals surface area contributed by atoms with E-state index in [4.69, 9.17) is 29.0 Å². The molecule has 1 saturated carbocycles. The van der Waals surface area contributed by atoms with Gasteiger partial charge < -0.3 is 35.1 Å². The molecule has 0 amide bonds. The average molecular weight is 819 g/mol. The predicted molar refractivity (Wildman–Crippen MR) is 210 cm³/mol. The molecule has 17 heteroatoms. The SMILES string of the molecule is CCCCCCCCCCCCCCCCOC[C@H](COP(=O)(O)O[C@H]1C[C@]12O[C@@](NC)(c1ccc3c(N)ncnn13)[C@H](O)[C@@H]2O)OCc1cc(F)cc(C#N)c1. The lowest BCUT2D eigenvalue weighted by Gasteiger charge is -2.31. The monoisotopic (exact) mass is 818 g/mol. The molecule has 1 unspecified atom stereocenters. The molecule has 57 heavy (non-hydrogen) atoms. The van der Waals surface area contributed by atoms with E-state index in [-0.39, 0.29) is 31.0 Å². The van der Waals surface area contributed by atoms with Gasteiger partial charge >= 0.3 is 7.82 Å². The lowest BCUT2D eigenvalue weighted by atomic mass is 9.99. The molecule has 6 N–H and O–H groups in total. The Morgan fingerprint density at radius 2 is 1.70 bits per heavy atom. The highest BCUT2D eigenvalue weighted by Crippen LogP contribution is 2.61. The molecule has 1 spiro atoms. The second-order valence-electron chi connectivity index (χ2n) is 15.2. The maximum absolute atomic E-state index is 14.1. The maximum Gasteiger partial charge on any atom is 0.472 e. The van der Waals surface area contributed by atoms with Gasteiger partial charge in [-0.05, 0) is 49.4 Å². The number of nitrogens with one attached hydrogen (secondary N) is 1. The number of hydrogen-bond acceptors (Lipinski definition) is 13. The van der Waals surface area contributed by atoms with Gasteiger partial charge in [0.2, 0.25) is 0 Å². The smallest absolute Gasteiger partial charge is 0.387 e. The van der Waals surface area contributed by atoms with Crippen LogP contribution in [0.5, 0.6) is 0 Å². The number of hydrogen-bond donors (Lipinski definition) is 5. The third-order valence-corrected chi connectivity index (χ3v) is 11.9. The Morgan fingerprint density at radius 1 is 1.04 bits per heavy atom. The summed E-state index contributed by atoms with van der Waals surface area (Å²) < 4.78 is 57.8. The highest BCUT2D eigenvalue weighted by atomic mass is 31.2. The highest BCUT2D eigenvalue weighted by Gasteiger charge is 2.75. The molecule has 2 fully saturated rings. The van der Waals surface area contributed by atoms with Gasteiger partial charge in [-0.2, -0.15) is 10.4 Å². The van der Waals surface area contributed by atoms with Crippen LogP contribution in [-0.4, -0.2) is 86.6 Å². The Morgan fingerprint density at radius 3 is 2.35 bits per heavy atom. The third-order valence-electron chi connectivity index (χ3n) is 10.9. The van der Waals surface area contributed by atoms with Crippen molar-refractivity contribution in [1.82, 2.24) is 19.9 Å². The van der Waals surface area contributed by atoms with Crippen LogP contribution in [0.2, 0.25) is 0 Å². The van der Waals surface area contributed by atoms with Crippen molar-refractivity contribution in [2.24, 2.45) is 0 Å². The molecule has 7 atom stereocenters. The number of unbranched alkanes of at least 4 members (excludes halogenated alkanes) is 13. The maximum atomic E-state index is 14.1. The second-order valence-corrected chi connectivity index (χ2v) is 16.6. The molecule has 0 bridgehead atoms. The molecule has 3 heterocycles. The number of likely N-dealkylation sites (N-methyl/N-ethyl adjacent to an activating group) is 1. The van der Waals surface area contributed by atoms with E-state index in [9.17, 15) is 29.3 Å². The van der Waals surface area contributed by atoms with E-state index in [2.05, 4.69) is 22.3 Å². The van der Waals surface area contributed by atoms with Crippen molar-refractivity contribution in [3.8, 4) is 6.07 Å². The van der Waals surface area contributed by atoms with Crippen molar-refractivity contribution < 1.29 is 47.3 Å². The lowest BCUT2D eigenvalue weighted by molar-refractivity contribution is -0.128. The highest BCUT2D eigenvalue weighted by molar-refractivity contribution is 7.47. The summed E-state index contributed by atoms with van der Waals surface area (Å²) in [4.78, 5) is 14.8.